The van der Waals surface area contributed by atoms with Crippen LogP contribution in [0.15, 0.2) is 0 Å². The lowest BCUT2D eigenvalue weighted by atomic mass is 9.42. The molecule has 0 aromatic heterocycles. The molecule has 4 aliphatic rings. The van der Waals surface area contributed by atoms with Crippen molar-refractivity contribution in [2.45, 2.75) is 103 Å². The Balaban J connectivity index is 1.46. The van der Waals surface area contributed by atoms with Crippen molar-refractivity contribution in [1.82, 2.24) is 5.32 Å². The summed E-state index contributed by atoms with van der Waals surface area (Å²) in [4.78, 5) is 22.7. The van der Waals surface area contributed by atoms with Crippen LogP contribution in [0.1, 0.15) is 85.0 Å². The molecule has 7 heteroatoms. The number of nitrogens with one attached hydrogen (secondary N) is 1. The summed E-state index contributed by atoms with van der Waals surface area (Å²) < 4.78 is 0. The third kappa shape index (κ3) is 4.02. The van der Waals surface area contributed by atoms with Crippen LogP contribution in [-0.2, 0) is 9.59 Å². The van der Waals surface area contributed by atoms with Gasteiger partial charge in [0.25, 0.3) is 0 Å². The maximum atomic E-state index is 12.0. The van der Waals surface area contributed by atoms with Crippen molar-refractivity contribution in [3.8, 4) is 0 Å². The molecule has 0 spiro atoms. The molecule has 0 radical (unpaired) electrons. The Kier molecular flexibility index (Phi) is 6.64. The number of aliphatic carboxylic acids is 1. The second-order valence-corrected chi connectivity index (χ2v) is 12.3. The van der Waals surface area contributed by atoms with Gasteiger partial charge in [-0.15, -0.1) is 0 Å². The van der Waals surface area contributed by atoms with Gasteiger partial charge in [0.05, 0.1) is 17.8 Å². The highest BCUT2D eigenvalue weighted by Gasteiger charge is 2.67. The summed E-state index contributed by atoms with van der Waals surface area (Å²) >= 11 is 0. The summed E-state index contributed by atoms with van der Waals surface area (Å²) in [6, 6.07) is 0. The summed E-state index contributed by atoms with van der Waals surface area (Å²) in [6.07, 6.45) is 6.52. The van der Waals surface area contributed by atoms with Gasteiger partial charge >= 0.3 is 5.97 Å². The molecule has 3 unspecified atom stereocenters. The number of carboxylic acid groups (broad SMARTS) is 1. The van der Waals surface area contributed by atoms with Crippen LogP contribution in [0.3, 0.4) is 0 Å². The van der Waals surface area contributed by atoms with Crippen LogP contribution in [-0.4, -0.2) is 56.7 Å². The van der Waals surface area contributed by atoms with E-state index in [1.165, 1.54) is 0 Å². The number of carboxylic acids is 1. The molecule has 0 heterocycles. The molecule has 0 aromatic rings. The minimum Gasteiger partial charge on any atom is -0.480 e. The molecule has 0 saturated heterocycles. The van der Waals surface area contributed by atoms with Gasteiger partial charge < -0.3 is 25.7 Å². The van der Waals surface area contributed by atoms with Gasteiger partial charge in [0.15, 0.2) is 0 Å². The largest absolute Gasteiger partial charge is 0.480 e. The van der Waals surface area contributed by atoms with E-state index in [1.54, 1.807) is 0 Å². The van der Waals surface area contributed by atoms with Crippen LogP contribution in [0.5, 0.6) is 0 Å². The van der Waals surface area contributed by atoms with E-state index in [4.69, 9.17) is 5.11 Å². The van der Waals surface area contributed by atoms with Crippen molar-refractivity contribution in [2.24, 2.45) is 40.4 Å². The lowest BCUT2D eigenvalue weighted by molar-refractivity contribution is -0.264. The predicted octanol–water partition coefficient (Wildman–Crippen LogP) is 2.71. The SMILES string of the molecule is C[C@H](CCC(=O)NCC(=O)O)[C@H]1CCC2C3C[C@@H](O)[C@@]4(O)C[C@@H](O)CC[C@]4(C)C3CC[C@@]21C. The van der Waals surface area contributed by atoms with E-state index in [-0.39, 0.29) is 29.7 Å². The first-order chi connectivity index (χ1) is 15.4. The number of rotatable bonds is 6. The molecule has 0 aliphatic heterocycles. The van der Waals surface area contributed by atoms with E-state index in [9.17, 15) is 24.9 Å². The Morgan fingerprint density at radius 2 is 1.79 bits per heavy atom. The number of fused-ring (bicyclic) bond motifs is 5. The van der Waals surface area contributed by atoms with Crippen molar-refractivity contribution in [2.75, 3.05) is 6.54 Å². The molecule has 10 atom stereocenters. The molecule has 4 aliphatic carbocycles. The van der Waals surface area contributed by atoms with E-state index in [0.717, 1.165) is 38.5 Å². The molecule has 4 fully saturated rings. The average molecular weight is 466 g/mol. The van der Waals surface area contributed by atoms with E-state index in [2.05, 4.69) is 26.1 Å². The van der Waals surface area contributed by atoms with Crippen LogP contribution in [0, 0.1) is 40.4 Å². The summed E-state index contributed by atoms with van der Waals surface area (Å²) in [6.45, 7) is 6.47. The number of hydrogen-bond donors (Lipinski definition) is 5. The fourth-order valence-corrected chi connectivity index (χ4v) is 9.06. The topological polar surface area (TPSA) is 127 Å². The highest BCUT2D eigenvalue weighted by Crippen LogP contribution is 2.69. The number of hydrogen-bond acceptors (Lipinski definition) is 5. The van der Waals surface area contributed by atoms with Gasteiger partial charge in [-0.3, -0.25) is 9.59 Å². The number of carbonyl (C=O) groups excluding carboxylic acids is 1. The monoisotopic (exact) mass is 465 g/mol. The fourth-order valence-electron chi connectivity index (χ4n) is 9.06. The predicted molar refractivity (Wildman–Crippen MR) is 123 cm³/mol. The Bertz CT molecular complexity index is 774. The maximum absolute atomic E-state index is 12.0. The molecule has 4 rings (SSSR count). The maximum Gasteiger partial charge on any atom is 0.322 e. The second kappa shape index (κ2) is 8.80. The van der Waals surface area contributed by atoms with E-state index in [1.807, 2.05) is 0 Å². The molecule has 188 valence electrons. The second-order valence-electron chi connectivity index (χ2n) is 12.3. The third-order valence-corrected chi connectivity index (χ3v) is 10.9. The zero-order chi connectivity index (χ0) is 24.2. The molecule has 33 heavy (non-hydrogen) atoms. The van der Waals surface area contributed by atoms with Crippen LogP contribution in [0.25, 0.3) is 0 Å². The standard InChI is InChI=1S/C26H43NO6/c1-15(4-7-22(30)27-14-23(31)32)18-5-6-19-17-12-21(29)26(33)13-16(28)8-11-25(26,3)20(17)9-10-24(18,19)2/h15-21,28-29,33H,4-14H2,1-3H3,(H,27,30)(H,31,32)/t15-,16+,17?,18-,19?,20?,21-,24-,25-,26+/m1/s1. The molecule has 5 N–H and O–H groups in total. The number of carbonyl (C=O) groups is 2. The Morgan fingerprint density at radius 3 is 2.48 bits per heavy atom. The summed E-state index contributed by atoms with van der Waals surface area (Å²) in [7, 11) is 0. The fraction of sp³-hybridized carbons (Fsp3) is 0.923. The highest BCUT2D eigenvalue weighted by atomic mass is 16.4. The van der Waals surface area contributed by atoms with Crippen molar-refractivity contribution in [3.63, 3.8) is 0 Å². The van der Waals surface area contributed by atoms with Gasteiger partial charge in [-0.25, -0.2) is 0 Å². The van der Waals surface area contributed by atoms with Crippen molar-refractivity contribution in [3.05, 3.63) is 0 Å². The average Bonchev–Trinajstić information content (AvgIpc) is 3.10. The summed E-state index contributed by atoms with van der Waals surface area (Å²) in [5.74, 6) is 0.916. The Hall–Kier alpha value is -1.18. The zero-order valence-electron chi connectivity index (χ0n) is 20.4. The van der Waals surface area contributed by atoms with E-state index >= 15 is 0 Å². The molecule has 1 amide bonds. The lowest BCUT2D eigenvalue weighted by Crippen LogP contribution is -2.68. The van der Waals surface area contributed by atoms with Crippen LogP contribution in [0.2, 0.25) is 0 Å². The molecule has 0 aromatic carbocycles. The first-order valence-electron chi connectivity index (χ1n) is 13.0. The van der Waals surface area contributed by atoms with Gasteiger partial charge in [0.1, 0.15) is 6.54 Å². The Labute approximate surface area is 197 Å². The number of aliphatic hydroxyl groups is 3. The minimum atomic E-state index is -1.20. The van der Waals surface area contributed by atoms with Crippen LogP contribution < -0.4 is 5.32 Å². The first kappa shape index (κ1) is 24.9. The normalized spacial score (nSPS) is 47.7. The smallest absolute Gasteiger partial charge is 0.322 e. The zero-order valence-corrected chi connectivity index (χ0v) is 20.4. The van der Waals surface area contributed by atoms with Gasteiger partial charge in [0.2, 0.25) is 5.91 Å². The summed E-state index contributed by atoms with van der Waals surface area (Å²) in [5, 5.41) is 44.2. The van der Waals surface area contributed by atoms with Crippen LogP contribution in [0.4, 0.5) is 0 Å². The molecular weight excluding hydrogens is 422 g/mol. The minimum absolute atomic E-state index is 0.165. The van der Waals surface area contributed by atoms with Crippen molar-refractivity contribution < 1.29 is 30.0 Å². The van der Waals surface area contributed by atoms with Gasteiger partial charge in [0, 0.05) is 18.3 Å². The van der Waals surface area contributed by atoms with Crippen molar-refractivity contribution >= 4 is 11.9 Å². The van der Waals surface area contributed by atoms with E-state index < -0.39 is 23.8 Å². The number of aliphatic hydroxyl groups excluding tert-OH is 2. The third-order valence-electron chi connectivity index (χ3n) is 10.9. The highest BCUT2D eigenvalue weighted by molar-refractivity contribution is 5.81. The summed E-state index contributed by atoms with van der Waals surface area (Å²) in [5.41, 5.74) is -1.39. The van der Waals surface area contributed by atoms with E-state index in [0.29, 0.717) is 48.9 Å². The number of amides is 1. The lowest BCUT2D eigenvalue weighted by Gasteiger charge is -2.65. The van der Waals surface area contributed by atoms with Crippen molar-refractivity contribution in [1.29, 1.82) is 0 Å². The molecular formula is C26H43NO6. The quantitative estimate of drug-likeness (QED) is 0.410. The molecule has 0 bridgehead atoms. The molecule has 4 saturated carbocycles. The van der Waals surface area contributed by atoms with Gasteiger partial charge in [-0.2, -0.15) is 0 Å². The Morgan fingerprint density at radius 1 is 1.06 bits per heavy atom. The van der Waals surface area contributed by atoms with Gasteiger partial charge in [-0.1, -0.05) is 20.8 Å². The van der Waals surface area contributed by atoms with Crippen LogP contribution >= 0.6 is 0 Å². The van der Waals surface area contributed by atoms with Gasteiger partial charge in [-0.05, 0) is 86.4 Å². The first-order valence-corrected chi connectivity index (χ1v) is 13.0. The molecule has 7 nitrogen and oxygen atoms in total.